The van der Waals surface area contributed by atoms with Crippen LogP contribution >= 0.6 is 0 Å². The zero-order valence-electron chi connectivity index (χ0n) is 16.9. The predicted molar refractivity (Wildman–Crippen MR) is 118 cm³/mol. The van der Waals surface area contributed by atoms with E-state index in [-0.39, 0.29) is 18.3 Å². The van der Waals surface area contributed by atoms with E-state index in [1.165, 1.54) is 54.0 Å². The van der Waals surface area contributed by atoms with Crippen LogP contribution in [0.1, 0.15) is 22.3 Å². The number of benzene rings is 3. The van der Waals surface area contributed by atoms with Gasteiger partial charge in [0, 0.05) is 18.2 Å². The van der Waals surface area contributed by atoms with E-state index >= 15 is 0 Å². The lowest BCUT2D eigenvalue weighted by Gasteiger charge is -2.10. The van der Waals surface area contributed by atoms with Crippen LogP contribution in [0.4, 0.5) is 8.78 Å². The van der Waals surface area contributed by atoms with E-state index in [9.17, 15) is 18.4 Å². The summed E-state index contributed by atoms with van der Waals surface area (Å²) in [6, 6.07) is 18.4. The molecule has 0 unspecified atom stereocenters. The monoisotopic (exact) mass is 434 g/mol. The molecule has 32 heavy (non-hydrogen) atoms. The number of hydroxylamine groups is 1. The average Bonchev–Trinajstić information content (AvgIpc) is 2.82. The summed E-state index contributed by atoms with van der Waals surface area (Å²) in [4.78, 5) is 24.0. The van der Waals surface area contributed by atoms with Crippen molar-refractivity contribution in [2.75, 3.05) is 0 Å². The van der Waals surface area contributed by atoms with Crippen molar-refractivity contribution in [1.82, 2.24) is 10.8 Å². The number of hydrogen-bond donors (Lipinski definition) is 3. The molecule has 7 heteroatoms. The highest BCUT2D eigenvalue weighted by Gasteiger charge is 2.12. The third kappa shape index (κ3) is 6.45. The maximum atomic E-state index is 13.4. The second kappa shape index (κ2) is 10.8. The standard InChI is InChI=1S/C25H20F2N2O3/c26-21-10-5-19(6-11-21)16-28-25(31)23(20-8-12-22(27)13-9-20)15-18-3-1-17(2-4-18)7-14-24(30)29-32/h1-15,32H,16H2,(H,28,31)(H,29,30). The van der Waals surface area contributed by atoms with Gasteiger partial charge in [-0.2, -0.15) is 0 Å². The number of carbonyl (C=O) groups excluding carboxylic acids is 2. The fourth-order valence-electron chi connectivity index (χ4n) is 2.87. The molecule has 5 nitrogen and oxygen atoms in total. The minimum Gasteiger partial charge on any atom is -0.348 e. The molecule has 0 aliphatic heterocycles. The second-order valence-electron chi connectivity index (χ2n) is 6.85. The molecule has 3 aromatic carbocycles. The van der Waals surface area contributed by atoms with Gasteiger partial charge in [-0.05, 0) is 58.7 Å². The molecule has 0 aromatic heterocycles. The smallest absolute Gasteiger partial charge is 0.267 e. The highest BCUT2D eigenvalue weighted by Crippen LogP contribution is 2.20. The summed E-state index contributed by atoms with van der Waals surface area (Å²) >= 11 is 0. The third-order valence-corrected chi connectivity index (χ3v) is 4.55. The van der Waals surface area contributed by atoms with Gasteiger partial charge in [-0.3, -0.25) is 14.8 Å². The minimum absolute atomic E-state index is 0.203. The Bertz CT molecular complexity index is 1140. The summed E-state index contributed by atoms with van der Waals surface area (Å²) in [5, 5.41) is 11.3. The zero-order valence-corrected chi connectivity index (χ0v) is 16.9. The van der Waals surface area contributed by atoms with Crippen LogP contribution in [0.2, 0.25) is 0 Å². The summed E-state index contributed by atoms with van der Waals surface area (Å²) in [6.45, 7) is 0.203. The molecule has 0 heterocycles. The summed E-state index contributed by atoms with van der Waals surface area (Å²) in [6.07, 6.45) is 4.37. The number of rotatable bonds is 7. The van der Waals surface area contributed by atoms with Crippen molar-refractivity contribution in [3.05, 3.63) is 113 Å². The van der Waals surface area contributed by atoms with Crippen LogP contribution in [-0.2, 0) is 16.1 Å². The van der Waals surface area contributed by atoms with E-state index in [4.69, 9.17) is 5.21 Å². The second-order valence-corrected chi connectivity index (χ2v) is 6.85. The molecule has 162 valence electrons. The molecule has 3 N–H and O–H groups in total. The topological polar surface area (TPSA) is 78.4 Å². The van der Waals surface area contributed by atoms with Gasteiger partial charge < -0.3 is 5.32 Å². The molecular weight excluding hydrogens is 414 g/mol. The molecule has 0 saturated heterocycles. The van der Waals surface area contributed by atoms with Crippen LogP contribution in [0.5, 0.6) is 0 Å². The first kappa shape index (κ1) is 22.6. The first-order valence-corrected chi connectivity index (χ1v) is 9.67. The van der Waals surface area contributed by atoms with E-state index in [1.807, 2.05) is 0 Å². The van der Waals surface area contributed by atoms with Crippen LogP contribution in [0.3, 0.4) is 0 Å². The van der Waals surface area contributed by atoms with Gasteiger partial charge in [0.15, 0.2) is 0 Å². The Balaban J connectivity index is 1.83. The minimum atomic E-state index is -0.648. The quantitative estimate of drug-likeness (QED) is 0.224. The first-order valence-electron chi connectivity index (χ1n) is 9.67. The van der Waals surface area contributed by atoms with Crippen molar-refractivity contribution in [1.29, 1.82) is 0 Å². The molecule has 0 saturated carbocycles. The molecule has 0 atom stereocenters. The molecule has 0 bridgehead atoms. The SMILES string of the molecule is O=C(C=Cc1ccc(C=C(C(=O)NCc2ccc(F)cc2)c2ccc(F)cc2)cc1)NO. The Kier molecular flexibility index (Phi) is 7.61. The normalized spacial score (nSPS) is 11.4. The van der Waals surface area contributed by atoms with Crippen LogP contribution in [0, 0.1) is 11.6 Å². The molecule has 3 rings (SSSR count). The van der Waals surface area contributed by atoms with Crippen LogP contribution in [0.25, 0.3) is 17.7 Å². The Morgan fingerprint density at radius 1 is 0.812 bits per heavy atom. The van der Waals surface area contributed by atoms with Crippen LogP contribution < -0.4 is 10.8 Å². The van der Waals surface area contributed by atoms with Crippen molar-refractivity contribution < 1.29 is 23.6 Å². The number of nitrogens with one attached hydrogen (secondary N) is 2. The predicted octanol–water partition coefficient (Wildman–Crippen LogP) is 4.34. The van der Waals surface area contributed by atoms with Gasteiger partial charge in [0.05, 0.1) is 0 Å². The first-order chi connectivity index (χ1) is 15.4. The van der Waals surface area contributed by atoms with Crippen molar-refractivity contribution in [2.45, 2.75) is 6.54 Å². The Hall–Kier alpha value is -4.10. The molecule has 0 spiro atoms. The average molecular weight is 434 g/mol. The Morgan fingerprint density at radius 3 is 1.97 bits per heavy atom. The molecular formula is C25H20F2N2O3. The number of hydrogen-bond acceptors (Lipinski definition) is 3. The maximum absolute atomic E-state index is 13.4. The summed E-state index contributed by atoms with van der Waals surface area (Å²) < 4.78 is 26.5. The third-order valence-electron chi connectivity index (χ3n) is 4.55. The van der Waals surface area contributed by atoms with E-state index < -0.39 is 11.7 Å². The fourth-order valence-corrected chi connectivity index (χ4v) is 2.87. The van der Waals surface area contributed by atoms with E-state index in [0.29, 0.717) is 16.7 Å². The number of halogens is 2. The van der Waals surface area contributed by atoms with Gasteiger partial charge >= 0.3 is 0 Å². The Morgan fingerprint density at radius 2 is 1.38 bits per heavy atom. The fraction of sp³-hybridized carbons (Fsp3) is 0.0400. The molecule has 2 amide bonds. The van der Waals surface area contributed by atoms with Crippen LogP contribution in [0.15, 0.2) is 78.9 Å². The van der Waals surface area contributed by atoms with Crippen molar-refractivity contribution >= 4 is 29.5 Å². The highest BCUT2D eigenvalue weighted by molar-refractivity contribution is 6.24. The Labute approximate surface area is 183 Å². The van der Waals surface area contributed by atoms with Gasteiger partial charge in [-0.25, -0.2) is 14.3 Å². The summed E-state index contributed by atoms with van der Waals surface area (Å²) in [5.74, 6) is -1.79. The lowest BCUT2D eigenvalue weighted by molar-refractivity contribution is -0.124. The van der Waals surface area contributed by atoms with E-state index in [1.54, 1.807) is 42.5 Å². The molecule has 0 aliphatic carbocycles. The largest absolute Gasteiger partial charge is 0.348 e. The van der Waals surface area contributed by atoms with Crippen molar-refractivity contribution in [3.63, 3.8) is 0 Å². The molecule has 0 fully saturated rings. The van der Waals surface area contributed by atoms with Crippen molar-refractivity contribution in [3.8, 4) is 0 Å². The van der Waals surface area contributed by atoms with Gasteiger partial charge in [0.25, 0.3) is 11.8 Å². The number of carbonyl (C=O) groups is 2. The van der Waals surface area contributed by atoms with Crippen molar-refractivity contribution in [2.24, 2.45) is 0 Å². The zero-order chi connectivity index (χ0) is 22.9. The lowest BCUT2D eigenvalue weighted by atomic mass is 10.0. The molecule has 0 radical (unpaired) electrons. The van der Waals surface area contributed by atoms with Gasteiger partial charge in [0.1, 0.15) is 11.6 Å². The van der Waals surface area contributed by atoms with Gasteiger partial charge in [-0.15, -0.1) is 0 Å². The summed E-state index contributed by atoms with van der Waals surface area (Å²) in [7, 11) is 0. The molecule has 0 aliphatic rings. The number of amides is 2. The lowest BCUT2D eigenvalue weighted by Crippen LogP contribution is -2.23. The van der Waals surface area contributed by atoms with Gasteiger partial charge in [0.2, 0.25) is 0 Å². The maximum Gasteiger partial charge on any atom is 0.267 e. The van der Waals surface area contributed by atoms with E-state index in [0.717, 1.165) is 11.1 Å². The summed E-state index contributed by atoms with van der Waals surface area (Å²) in [5.41, 5.74) is 4.54. The van der Waals surface area contributed by atoms with Crippen LogP contribution in [-0.4, -0.2) is 17.0 Å². The van der Waals surface area contributed by atoms with E-state index in [2.05, 4.69) is 5.32 Å². The molecule has 3 aromatic rings. The van der Waals surface area contributed by atoms with Gasteiger partial charge in [-0.1, -0.05) is 48.5 Å². The highest BCUT2D eigenvalue weighted by atomic mass is 19.1.